The Kier molecular flexibility index (Phi) is 4.70. The van der Waals surface area contributed by atoms with Crippen LogP contribution >= 0.6 is 0 Å². The number of hydrogen-bond donors (Lipinski definition) is 2. The van der Waals surface area contributed by atoms with E-state index in [0.717, 1.165) is 24.0 Å². The summed E-state index contributed by atoms with van der Waals surface area (Å²) in [5, 5.41) is 9.56. The smallest absolute Gasteiger partial charge is 0.261 e. The van der Waals surface area contributed by atoms with E-state index in [-0.39, 0.29) is 11.8 Å². The van der Waals surface area contributed by atoms with Crippen LogP contribution in [0, 0.1) is 0 Å². The molecule has 2 amide bonds. The lowest BCUT2D eigenvalue weighted by Gasteiger charge is -2.07. The van der Waals surface area contributed by atoms with Crippen molar-refractivity contribution < 1.29 is 14.1 Å². The molecule has 1 aliphatic rings. The Morgan fingerprint density at radius 3 is 2.48 bits per heavy atom. The SMILES string of the molecule is O=C(Cc1ccc(NC(=O)c2cnoc2-c2ccccc2)cc1)NC1CC1. The molecule has 4 rings (SSSR count). The molecule has 0 radical (unpaired) electrons. The number of carbonyl (C=O) groups is 2. The van der Waals surface area contributed by atoms with E-state index in [2.05, 4.69) is 15.8 Å². The first-order valence-electron chi connectivity index (χ1n) is 8.89. The van der Waals surface area contributed by atoms with Gasteiger partial charge in [0.1, 0.15) is 5.56 Å². The molecule has 0 bridgehead atoms. The maximum Gasteiger partial charge on any atom is 0.261 e. The summed E-state index contributed by atoms with van der Waals surface area (Å²) in [4.78, 5) is 24.4. The van der Waals surface area contributed by atoms with Gasteiger partial charge in [-0.15, -0.1) is 0 Å². The zero-order valence-corrected chi connectivity index (χ0v) is 14.6. The van der Waals surface area contributed by atoms with Crippen LogP contribution in [-0.2, 0) is 11.2 Å². The van der Waals surface area contributed by atoms with Crippen molar-refractivity contribution >= 4 is 17.5 Å². The number of anilines is 1. The normalized spacial score (nSPS) is 13.2. The van der Waals surface area contributed by atoms with Gasteiger partial charge in [-0.1, -0.05) is 47.6 Å². The molecular weight excluding hydrogens is 342 g/mol. The van der Waals surface area contributed by atoms with E-state index < -0.39 is 0 Å². The Morgan fingerprint density at radius 1 is 1.04 bits per heavy atom. The summed E-state index contributed by atoms with van der Waals surface area (Å²) in [6.07, 6.45) is 3.90. The number of aromatic nitrogens is 1. The summed E-state index contributed by atoms with van der Waals surface area (Å²) >= 11 is 0. The number of amides is 2. The van der Waals surface area contributed by atoms with Gasteiger partial charge >= 0.3 is 0 Å². The van der Waals surface area contributed by atoms with Crippen LogP contribution in [0.5, 0.6) is 0 Å². The van der Waals surface area contributed by atoms with Gasteiger partial charge in [-0.05, 0) is 30.5 Å². The van der Waals surface area contributed by atoms with E-state index >= 15 is 0 Å². The monoisotopic (exact) mass is 361 g/mol. The van der Waals surface area contributed by atoms with Crippen LogP contribution in [0.4, 0.5) is 5.69 Å². The highest BCUT2D eigenvalue weighted by Crippen LogP contribution is 2.24. The highest BCUT2D eigenvalue weighted by molar-refractivity contribution is 6.07. The number of carbonyl (C=O) groups excluding carboxylic acids is 2. The van der Waals surface area contributed by atoms with Gasteiger partial charge in [0.05, 0.1) is 12.6 Å². The minimum Gasteiger partial charge on any atom is -0.355 e. The molecule has 1 aromatic heterocycles. The van der Waals surface area contributed by atoms with Crippen molar-refractivity contribution in [1.82, 2.24) is 10.5 Å². The molecule has 0 saturated heterocycles. The number of nitrogens with one attached hydrogen (secondary N) is 2. The predicted molar refractivity (Wildman–Crippen MR) is 101 cm³/mol. The molecule has 1 aliphatic carbocycles. The molecule has 1 fully saturated rings. The minimum absolute atomic E-state index is 0.0336. The van der Waals surface area contributed by atoms with Crippen molar-refractivity contribution in [1.29, 1.82) is 0 Å². The molecule has 3 aromatic rings. The van der Waals surface area contributed by atoms with E-state index in [1.165, 1.54) is 6.20 Å². The Labute approximate surface area is 156 Å². The molecular formula is C21H19N3O3. The van der Waals surface area contributed by atoms with Crippen molar-refractivity contribution in [3.05, 3.63) is 71.9 Å². The fraction of sp³-hybridized carbons (Fsp3) is 0.190. The Balaban J connectivity index is 1.41. The van der Waals surface area contributed by atoms with Gasteiger partial charge in [0.15, 0.2) is 5.76 Å². The number of rotatable bonds is 6. The van der Waals surface area contributed by atoms with Crippen LogP contribution < -0.4 is 10.6 Å². The molecule has 0 unspecified atom stereocenters. The minimum atomic E-state index is -0.297. The van der Waals surface area contributed by atoms with Crippen LogP contribution in [0.2, 0.25) is 0 Å². The fourth-order valence-electron chi connectivity index (χ4n) is 2.80. The van der Waals surface area contributed by atoms with Crippen molar-refractivity contribution in [2.75, 3.05) is 5.32 Å². The molecule has 6 heteroatoms. The molecule has 27 heavy (non-hydrogen) atoms. The van der Waals surface area contributed by atoms with E-state index in [0.29, 0.717) is 29.5 Å². The molecule has 2 aromatic carbocycles. The topological polar surface area (TPSA) is 84.2 Å². The summed E-state index contributed by atoms with van der Waals surface area (Å²) in [5.41, 5.74) is 2.71. The first-order valence-corrected chi connectivity index (χ1v) is 8.89. The van der Waals surface area contributed by atoms with Crippen molar-refractivity contribution in [3.8, 4) is 11.3 Å². The van der Waals surface area contributed by atoms with Gasteiger partial charge in [0.2, 0.25) is 5.91 Å². The summed E-state index contributed by atoms with van der Waals surface area (Å²) in [6, 6.07) is 17.0. The zero-order valence-electron chi connectivity index (χ0n) is 14.6. The quantitative estimate of drug-likeness (QED) is 0.705. The summed E-state index contributed by atoms with van der Waals surface area (Å²) in [6.45, 7) is 0. The van der Waals surface area contributed by atoms with Crippen molar-refractivity contribution in [3.63, 3.8) is 0 Å². The second-order valence-electron chi connectivity index (χ2n) is 6.60. The molecule has 6 nitrogen and oxygen atoms in total. The van der Waals surface area contributed by atoms with Gasteiger partial charge in [0, 0.05) is 17.3 Å². The average Bonchev–Trinajstić information content (AvgIpc) is 3.34. The molecule has 2 N–H and O–H groups in total. The maximum absolute atomic E-state index is 12.6. The average molecular weight is 361 g/mol. The van der Waals surface area contributed by atoms with Gasteiger partial charge in [0.25, 0.3) is 5.91 Å². The molecule has 0 aliphatic heterocycles. The van der Waals surface area contributed by atoms with Crippen LogP contribution in [0.3, 0.4) is 0 Å². The highest BCUT2D eigenvalue weighted by Gasteiger charge is 2.23. The lowest BCUT2D eigenvalue weighted by molar-refractivity contribution is -0.120. The molecule has 1 saturated carbocycles. The maximum atomic E-state index is 12.6. The van der Waals surface area contributed by atoms with Crippen LogP contribution in [0.15, 0.2) is 65.3 Å². The van der Waals surface area contributed by atoms with Crippen LogP contribution in [-0.4, -0.2) is 23.0 Å². The first kappa shape index (κ1) is 17.0. The summed E-state index contributed by atoms with van der Waals surface area (Å²) in [5.74, 6) is 0.169. The van der Waals surface area contributed by atoms with E-state index in [9.17, 15) is 9.59 Å². The van der Waals surface area contributed by atoms with Gasteiger partial charge in [-0.2, -0.15) is 0 Å². The van der Waals surface area contributed by atoms with E-state index in [1.54, 1.807) is 12.1 Å². The van der Waals surface area contributed by atoms with Crippen LogP contribution in [0.25, 0.3) is 11.3 Å². The fourth-order valence-corrected chi connectivity index (χ4v) is 2.80. The lowest BCUT2D eigenvalue weighted by Crippen LogP contribution is -2.26. The van der Waals surface area contributed by atoms with Gasteiger partial charge in [-0.25, -0.2) is 0 Å². The third kappa shape index (κ3) is 4.23. The second kappa shape index (κ2) is 7.45. The third-order valence-corrected chi connectivity index (χ3v) is 4.37. The molecule has 0 atom stereocenters. The number of benzene rings is 2. The van der Waals surface area contributed by atoms with E-state index in [4.69, 9.17) is 4.52 Å². The number of nitrogens with zero attached hydrogens (tertiary/aromatic N) is 1. The molecule has 0 spiro atoms. The summed E-state index contributed by atoms with van der Waals surface area (Å²) in [7, 11) is 0. The molecule has 136 valence electrons. The van der Waals surface area contributed by atoms with Gasteiger partial charge < -0.3 is 15.2 Å². The highest BCUT2D eigenvalue weighted by atomic mass is 16.5. The Morgan fingerprint density at radius 2 is 1.78 bits per heavy atom. The van der Waals surface area contributed by atoms with Crippen LogP contribution in [0.1, 0.15) is 28.8 Å². The standard InChI is InChI=1S/C21H19N3O3/c25-19(23-16-10-11-16)12-14-6-8-17(9-7-14)24-21(26)18-13-22-27-20(18)15-4-2-1-3-5-15/h1-9,13,16H,10-12H2,(H,23,25)(H,24,26). The lowest BCUT2D eigenvalue weighted by atomic mass is 10.1. The van der Waals surface area contributed by atoms with Crippen molar-refractivity contribution in [2.24, 2.45) is 0 Å². The summed E-state index contributed by atoms with van der Waals surface area (Å²) < 4.78 is 5.25. The Bertz CT molecular complexity index is 944. The van der Waals surface area contributed by atoms with Crippen molar-refractivity contribution in [2.45, 2.75) is 25.3 Å². The third-order valence-electron chi connectivity index (χ3n) is 4.37. The predicted octanol–water partition coefficient (Wildman–Crippen LogP) is 3.42. The van der Waals surface area contributed by atoms with E-state index in [1.807, 2.05) is 42.5 Å². The first-order chi connectivity index (χ1) is 13.2. The molecule has 1 heterocycles. The van der Waals surface area contributed by atoms with Gasteiger partial charge in [-0.3, -0.25) is 9.59 Å². The zero-order chi connectivity index (χ0) is 18.6. The Hall–Kier alpha value is -3.41. The largest absolute Gasteiger partial charge is 0.355 e. The number of hydrogen-bond acceptors (Lipinski definition) is 4. The second-order valence-corrected chi connectivity index (χ2v) is 6.60.